The van der Waals surface area contributed by atoms with Crippen LogP contribution < -0.4 is 11.5 Å². The molecule has 0 fully saturated rings. The van der Waals surface area contributed by atoms with Gasteiger partial charge in [-0.15, -0.1) is 0 Å². The normalized spacial score (nSPS) is 11.8. The third-order valence-corrected chi connectivity index (χ3v) is 4.81. The van der Waals surface area contributed by atoms with Gasteiger partial charge in [0.1, 0.15) is 5.82 Å². The molecule has 0 bridgehead atoms. The summed E-state index contributed by atoms with van der Waals surface area (Å²) in [5.41, 5.74) is 10.6. The highest BCUT2D eigenvalue weighted by molar-refractivity contribution is 7.89. The van der Waals surface area contributed by atoms with Crippen molar-refractivity contribution in [3.8, 4) is 0 Å². The molecule has 0 saturated carbocycles. The Balaban J connectivity index is 3.17. The fourth-order valence-electron chi connectivity index (χ4n) is 1.81. The molecule has 1 aromatic carbocycles. The minimum absolute atomic E-state index is 0.0956. The van der Waals surface area contributed by atoms with E-state index in [-0.39, 0.29) is 23.5 Å². The number of carbonyl (C=O) groups is 1. The lowest BCUT2D eigenvalue weighted by atomic mass is 10.2. The number of primary amides is 1. The van der Waals surface area contributed by atoms with Gasteiger partial charge in [0.2, 0.25) is 15.9 Å². The van der Waals surface area contributed by atoms with Gasteiger partial charge in [-0.2, -0.15) is 4.31 Å². The second kappa shape index (κ2) is 7.48. The van der Waals surface area contributed by atoms with E-state index in [0.29, 0.717) is 6.42 Å². The van der Waals surface area contributed by atoms with Crippen LogP contribution >= 0.6 is 0 Å². The first kappa shape index (κ1) is 17.5. The number of amides is 1. The third kappa shape index (κ3) is 4.48. The molecule has 0 heterocycles. The number of nitrogens with two attached hydrogens (primary N) is 2. The summed E-state index contributed by atoms with van der Waals surface area (Å²) in [6, 6.07) is 3.39. The Hall–Kier alpha value is -1.51. The number of rotatable bonds is 8. The molecular weight excluding hydrogens is 297 g/mol. The molecule has 0 aliphatic heterocycles. The highest BCUT2D eigenvalue weighted by atomic mass is 32.2. The second-order valence-electron chi connectivity index (χ2n) is 4.62. The predicted octanol–water partition coefficient (Wildman–Crippen LogP) is 0.561. The summed E-state index contributed by atoms with van der Waals surface area (Å²) < 4.78 is 39.4. The molecule has 0 unspecified atom stereocenters. The average Bonchev–Trinajstić information content (AvgIpc) is 2.43. The first-order valence-corrected chi connectivity index (χ1v) is 8.03. The van der Waals surface area contributed by atoms with E-state index in [1.54, 1.807) is 0 Å². The number of carbonyl (C=O) groups excluding carboxylic acids is 1. The van der Waals surface area contributed by atoms with Gasteiger partial charge < -0.3 is 11.5 Å². The van der Waals surface area contributed by atoms with Crippen molar-refractivity contribution in [1.82, 2.24) is 4.31 Å². The Bertz CT molecular complexity index is 605. The lowest BCUT2D eigenvalue weighted by molar-refractivity contribution is -0.118. The summed E-state index contributed by atoms with van der Waals surface area (Å²) in [6.07, 6.45) is 1.36. The standard InChI is InChI=1S/C13H20FN3O3S/c1-2-3-6-17(9-13(16)18)21(19,20)11-4-5-12(14)10(7-11)8-15/h4-5,7H,2-3,6,8-9,15H2,1H3,(H2,16,18). The zero-order valence-corrected chi connectivity index (χ0v) is 12.7. The van der Waals surface area contributed by atoms with Crippen molar-refractivity contribution in [3.05, 3.63) is 29.6 Å². The molecule has 0 atom stereocenters. The molecule has 0 radical (unpaired) electrons. The van der Waals surface area contributed by atoms with Gasteiger partial charge in [-0.3, -0.25) is 4.79 Å². The molecule has 8 heteroatoms. The molecule has 6 nitrogen and oxygen atoms in total. The fraction of sp³-hybridized carbons (Fsp3) is 0.462. The Kier molecular flexibility index (Phi) is 6.25. The number of nitrogens with zero attached hydrogens (tertiary/aromatic N) is 1. The van der Waals surface area contributed by atoms with E-state index in [4.69, 9.17) is 11.5 Å². The largest absolute Gasteiger partial charge is 0.369 e. The predicted molar refractivity (Wildman–Crippen MR) is 77.2 cm³/mol. The van der Waals surface area contributed by atoms with E-state index < -0.39 is 28.3 Å². The van der Waals surface area contributed by atoms with Crippen LogP contribution in [0.25, 0.3) is 0 Å². The fourth-order valence-corrected chi connectivity index (χ4v) is 3.31. The third-order valence-electron chi connectivity index (χ3n) is 2.97. The van der Waals surface area contributed by atoms with Crippen LogP contribution in [0.15, 0.2) is 23.1 Å². The molecule has 0 saturated heterocycles. The highest BCUT2D eigenvalue weighted by Gasteiger charge is 2.26. The molecule has 0 aliphatic carbocycles. The number of halogens is 1. The van der Waals surface area contributed by atoms with Gasteiger partial charge in [-0.05, 0) is 24.6 Å². The van der Waals surface area contributed by atoms with E-state index in [0.717, 1.165) is 22.9 Å². The molecule has 0 aromatic heterocycles. The topological polar surface area (TPSA) is 106 Å². The van der Waals surface area contributed by atoms with Crippen LogP contribution in [0.4, 0.5) is 4.39 Å². The van der Waals surface area contributed by atoms with Gasteiger partial charge >= 0.3 is 0 Å². The summed E-state index contributed by atoms with van der Waals surface area (Å²) in [5, 5.41) is 0. The van der Waals surface area contributed by atoms with Crippen LogP contribution in [0.3, 0.4) is 0 Å². The summed E-state index contributed by atoms with van der Waals surface area (Å²) in [7, 11) is -3.91. The zero-order valence-electron chi connectivity index (χ0n) is 11.9. The number of sulfonamides is 1. The summed E-state index contributed by atoms with van der Waals surface area (Å²) in [6.45, 7) is 1.56. The molecule has 1 rings (SSSR count). The van der Waals surface area contributed by atoms with E-state index in [9.17, 15) is 17.6 Å². The van der Waals surface area contributed by atoms with E-state index in [1.165, 1.54) is 6.07 Å². The summed E-state index contributed by atoms with van der Waals surface area (Å²) in [5.74, 6) is -1.30. The van der Waals surface area contributed by atoms with Crippen molar-refractivity contribution < 1.29 is 17.6 Å². The van der Waals surface area contributed by atoms with Crippen molar-refractivity contribution in [1.29, 1.82) is 0 Å². The maximum absolute atomic E-state index is 13.4. The van der Waals surface area contributed by atoms with E-state index >= 15 is 0 Å². The lowest BCUT2D eigenvalue weighted by Gasteiger charge is -2.21. The first-order valence-electron chi connectivity index (χ1n) is 6.59. The number of hydrogen-bond acceptors (Lipinski definition) is 4. The van der Waals surface area contributed by atoms with Crippen molar-refractivity contribution in [2.24, 2.45) is 11.5 Å². The number of benzene rings is 1. The zero-order chi connectivity index (χ0) is 16.0. The second-order valence-corrected chi connectivity index (χ2v) is 6.55. The van der Waals surface area contributed by atoms with Gasteiger partial charge in [-0.1, -0.05) is 13.3 Å². The Labute approximate surface area is 124 Å². The summed E-state index contributed by atoms with van der Waals surface area (Å²) >= 11 is 0. The van der Waals surface area contributed by atoms with Gasteiger partial charge in [-0.25, -0.2) is 12.8 Å². The van der Waals surface area contributed by atoms with Crippen molar-refractivity contribution in [2.45, 2.75) is 31.2 Å². The quantitative estimate of drug-likeness (QED) is 0.730. The lowest BCUT2D eigenvalue weighted by Crippen LogP contribution is -2.39. The van der Waals surface area contributed by atoms with Crippen LogP contribution in [0.1, 0.15) is 25.3 Å². The minimum atomic E-state index is -3.91. The molecule has 1 amide bonds. The minimum Gasteiger partial charge on any atom is -0.369 e. The summed E-state index contributed by atoms with van der Waals surface area (Å²) in [4.78, 5) is 11.0. The van der Waals surface area contributed by atoms with E-state index in [1.807, 2.05) is 6.92 Å². The maximum Gasteiger partial charge on any atom is 0.243 e. The van der Waals surface area contributed by atoms with Gasteiger partial charge in [0.15, 0.2) is 0 Å². The van der Waals surface area contributed by atoms with Crippen LogP contribution in [0.5, 0.6) is 0 Å². The number of hydrogen-bond donors (Lipinski definition) is 2. The van der Waals surface area contributed by atoms with Crippen LogP contribution in [0.2, 0.25) is 0 Å². The van der Waals surface area contributed by atoms with Crippen LogP contribution in [0, 0.1) is 5.82 Å². The Morgan fingerprint density at radius 3 is 2.57 bits per heavy atom. The first-order chi connectivity index (χ1) is 9.82. The Morgan fingerprint density at radius 2 is 2.05 bits per heavy atom. The monoisotopic (exact) mass is 317 g/mol. The van der Waals surface area contributed by atoms with Gasteiger partial charge in [0.05, 0.1) is 11.4 Å². The SMILES string of the molecule is CCCCN(CC(N)=O)S(=O)(=O)c1ccc(F)c(CN)c1. The highest BCUT2D eigenvalue weighted by Crippen LogP contribution is 2.19. The van der Waals surface area contributed by atoms with Crippen molar-refractivity contribution in [3.63, 3.8) is 0 Å². The maximum atomic E-state index is 13.4. The van der Waals surface area contributed by atoms with Crippen LogP contribution in [-0.4, -0.2) is 31.7 Å². The van der Waals surface area contributed by atoms with Crippen molar-refractivity contribution in [2.75, 3.05) is 13.1 Å². The average molecular weight is 317 g/mol. The molecule has 118 valence electrons. The van der Waals surface area contributed by atoms with E-state index in [2.05, 4.69) is 0 Å². The van der Waals surface area contributed by atoms with Crippen LogP contribution in [-0.2, 0) is 21.4 Å². The Morgan fingerprint density at radius 1 is 1.38 bits per heavy atom. The van der Waals surface area contributed by atoms with Gasteiger partial charge in [0.25, 0.3) is 0 Å². The molecule has 0 spiro atoms. The van der Waals surface area contributed by atoms with Gasteiger partial charge in [0, 0.05) is 18.7 Å². The molecule has 0 aliphatic rings. The molecule has 4 N–H and O–H groups in total. The molecule has 21 heavy (non-hydrogen) atoms. The van der Waals surface area contributed by atoms with Crippen molar-refractivity contribution >= 4 is 15.9 Å². The smallest absolute Gasteiger partial charge is 0.243 e. The molecular formula is C13H20FN3O3S. The number of unbranched alkanes of at least 4 members (excludes halogenated alkanes) is 1. The molecule has 1 aromatic rings.